The third-order valence-electron chi connectivity index (χ3n) is 6.26. The number of rotatable bonds is 6. The summed E-state index contributed by atoms with van der Waals surface area (Å²) in [6, 6.07) is 15.7. The van der Waals surface area contributed by atoms with Gasteiger partial charge in [-0.05, 0) is 43.5 Å². The second-order valence-electron chi connectivity index (χ2n) is 8.62. The van der Waals surface area contributed by atoms with Crippen LogP contribution in [0.3, 0.4) is 0 Å². The number of likely N-dealkylation sites (tertiary alicyclic amines) is 1. The Morgan fingerprint density at radius 1 is 1.00 bits per heavy atom. The maximum atomic E-state index is 13.4. The number of carbonyl (C=O) groups excluding carboxylic acids is 1. The predicted octanol–water partition coefficient (Wildman–Crippen LogP) is 4.84. The lowest BCUT2D eigenvalue weighted by atomic mass is 9.92. The molecule has 1 fully saturated rings. The Bertz CT molecular complexity index is 1250. The largest absolute Gasteiger partial charge is 0.437 e. The quantitative estimate of drug-likeness (QED) is 0.418. The number of benzene rings is 2. The smallest absolute Gasteiger partial charge is 0.254 e. The number of nitrogens with zero attached hydrogens (tertiary/aromatic N) is 5. The third-order valence-corrected chi connectivity index (χ3v) is 6.26. The molecule has 1 amide bonds. The monoisotopic (exact) mass is 453 g/mol. The Kier molecular flexibility index (Phi) is 6.33. The summed E-state index contributed by atoms with van der Waals surface area (Å²) in [5.74, 6) is 1.56. The van der Waals surface area contributed by atoms with E-state index < -0.39 is 0 Å². The van der Waals surface area contributed by atoms with Gasteiger partial charge in [0, 0.05) is 55.9 Å². The maximum absolute atomic E-state index is 13.4. The van der Waals surface area contributed by atoms with Gasteiger partial charge >= 0.3 is 0 Å². The molecule has 0 bridgehead atoms. The van der Waals surface area contributed by atoms with E-state index in [4.69, 9.17) is 4.74 Å². The van der Waals surface area contributed by atoms with Gasteiger partial charge in [-0.25, -0.2) is 9.97 Å². The van der Waals surface area contributed by atoms with Crippen LogP contribution in [-0.2, 0) is 6.54 Å². The molecule has 1 aliphatic rings. The predicted molar refractivity (Wildman–Crippen MR) is 129 cm³/mol. The zero-order chi connectivity index (χ0) is 23.3. The Hall–Kier alpha value is -4.00. The molecule has 2 aromatic carbocycles. The van der Waals surface area contributed by atoms with Crippen molar-refractivity contribution in [3.63, 3.8) is 0 Å². The minimum atomic E-state index is 0.0736. The van der Waals surface area contributed by atoms with Crippen LogP contribution < -0.4 is 4.74 Å². The molecule has 3 heterocycles. The van der Waals surface area contributed by atoms with Crippen molar-refractivity contribution in [2.75, 3.05) is 13.1 Å². The molecule has 34 heavy (non-hydrogen) atoms. The average Bonchev–Trinajstić information content (AvgIpc) is 3.39. The molecule has 7 nitrogen and oxygen atoms in total. The van der Waals surface area contributed by atoms with Crippen molar-refractivity contribution in [1.29, 1.82) is 0 Å². The number of carbonyl (C=O) groups is 1. The van der Waals surface area contributed by atoms with E-state index >= 15 is 0 Å². The summed E-state index contributed by atoms with van der Waals surface area (Å²) in [5, 5.41) is 0. The third kappa shape index (κ3) is 4.83. The highest BCUT2D eigenvalue weighted by Crippen LogP contribution is 2.34. The standard InChI is InChI=1S/C27H27N5O2/c1-20-6-8-23(9-7-20)34-26-25(29-12-13-30-26)21-10-15-32(16-11-21)27(33)24-5-3-2-4-22(24)18-31-17-14-28-19-31/h2-9,12-14,17,19,21H,10-11,15-16,18H2,1H3. The van der Waals surface area contributed by atoms with E-state index in [9.17, 15) is 4.79 Å². The second kappa shape index (κ2) is 9.87. The first kappa shape index (κ1) is 21.8. The van der Waals surface area contributed by atoms with Crippen LogP contribution in [0.15, 0.2) is 79.6 Å². The first-order valence-corrected chi connectivity index (χ1v) is 11.6. The van der Waals surface area contributed by atoms with Gasteiger partial charge in [-0.3, -0.25) is 9.78 Å². The first-order valence-electron chi connectivity index (χ1n) is 11.6. The number of aromatic nitrogens is 4. The summed E-state index contributed by atoms with van der Waals surface area (Å²) in [4.78, 5) is 28.5. The van der Waals surface area contributed by atoms with Crippen LogP contribution >= 0.6 is 0 Å². The van der Waals surface area contributed by atoms with Crippen molar-refractivity contribution in [2.24, 2.45) is 0 Å². The van der Waals surface area contributed by atoms with E-state index in [0.717, 1.165) is 35.4 Å². The topological polar surface area (TPSA) is 73.1 Å². The normalized spacial score (nSPS) is 14.2. The molecule has 172 valence electrons. The van der Waals surface area contributed by atoms with Crippen molar-refractivity contribution in [3.8, 4) is 11.6 Å². The Morgan fingerprint density at radius 2 is 1.76 bits per heavy atom. The lowest BCUT2D eigenvalue weighted by Gasteiger charge is -2.32. The number of ether oxygens (including phenoxy) is 1. The SMILES string of the molecule is Cc1ccc(Oc2nccnc2C2CCN(C(=O)c3ccccc3Cn3ccnc3)CC2)cc1. The van der Waals surface area contributed by atoms with E-state index in [1.807, 2.05) is 71.1 Å². The second-order valence-corrected chi connectivity index (χ2v) is 8.62. The van der Waals surface area contributed by atoms with E-state index in [-0.39, 0.29) is 11.8 Å². The molecule has 4 aromatic rings. The molecule has 5 rings (SSSR count). The highest BCUT2D eigenvalue weighted by atomic mass is 16.5. The van der Waals surface area contributed by atoms with Crippen molar-refractivity contribution >= 4 is 5.91 Å². The summed E-state index contributed by atoms with van der Waals surface area (Å²) in [6.07, 6.45) is 10.4. The fourth-order valence-electron chi connectivity index (χ4n) is 4.38. The van der Waals surface area contributed by atoms with Gasteiger partial charge in [0.25, 0.3) is 5.91 Å². The van der Waals surface area contributed by atoms with Gasteiger partial charge in [0.15, 0.2) is 0 Å². The highest BCUT2D eigenvalue weighted by molar-refractivity contribution is 5.95. The number of piperidine rings is 1. The molecular weight excluding hydrogens is 426 g/mol. The van der Waals surface area contributed by atoms with Crippen LogP contribution in [0.5, 0.6) is 11.6 Å². The summed E-state index contributed by atoms with van der Waals surface area (Å²) in [6.45, 7) is 4.01. The highest BCUT2D eigenvalue weighted by Gasteiger charge is 2.28. The van der Waals surface area contributed by atoms with E-state index in [1.54, 1.807) is 24.9 Å². The summed E-state index contributed by atoms with van der Waals surface area (Å²) >= 11 is 0. The Labute approximate surface area is 199 Å². The zero-order valence-electron chi connectivity index (χ0n) is 19.2. The molecule has 1 saturated heterocycles. The Balaban J connectivity index is 1.27. The van der Waals surface area contributed by atoms with Crippen molar-refractivity contribution in [1.82, 2.24) is 24.4 Å². The number of hydrogen-bond acceptors (Lipinski definition) is 5. The van der Waals surface area contributed by atoms with Crippen LogP contribution in [-0.4, -0.2) is 43.4 Å². The van der Waals surface area contributed by atoms with Gasteiger partial charge in [-0.1, -0.05) is 35.9 Å². The number of aryl methyl sites for hydroxylation is 1. The van der Waals surface area contributed by atoms with Gasteiger partial charge in [-0.15, -0.1) is 0 Å². The van der Waals surface area contributed by atoms with Crippen LogP contribution in [0.1, 0.15) is 45.9 Å². The maximum Gasteiger partial charge on any atom is 0.254 e. The van der Waals surface area contributed by atoms with Gasteiger partial charge in [0.2, 0.25) is 5.88 Å². The lowest BCUT2D eigenvalue weighted by molar-refractivity contribution is 0.0710. The molecule has 0 N–H and O–H groups in total. The number of amides is 1. The average molecular weight is 454 g/mol. The fourth-order valence-corrected chi connectivity index (χ4v) is 4.38. The van der Waals surface area contributed by atoms with Crippen LogP contribution in [0.25, 0.3) is 0 Å². The van der Waals surface area contributed by atoms with Gasteiger partial charge in [0.05, 0.1) is 6.33 Å². The Morgan fingerprint density at radius 3 is 2.53 bits per heavy atom. The minimum Gasteiger partial charge on any atom is -0.437 e. The van der Waals surface area contributed by atoms with Crippen LogP contribution in [0.2, 0.25) is 0 Å². The molecule has 0 atom stereocenters. The number of hydrogen-bond donors (Lipinski definition) is 0. The summed E-state index contributed by atoms with van der Waals surface area (Å²) < 4.78 is 8.04. The molecule has 0 unspecified atom stereocenters. The lowest BCUT2D eigenvalue weighted by Crippen LogP contribution is -2.38. The molecule has 2 aromatic heterocycles. The zero-order valence-corrected chi connectivity index (χ0v) is 19.2. The molecule has 0 saturated carbocycles. The van der Waals surface area contributed by atoms with Crippen molar-refractivity contribution in [3.05, 3.63) is 102 Å². The molecule has 7 heteroatoms. The van der Waals surface area contributed by atoms with E-state index in [1.165, 1.54) is 5.56 Å². The molecule has 0 aliphatic carbocycles. The van der Waals surface area contributed by atoms with Crippen molar-refractivity contribution < 1.29 is 9.53 Å². The molecule has 0 radical (unpaired) electrons. The first-order chi connectivity index (χ1) is 16.7. The summed E-state index contributed by atoms with van der Waals surface area (Å²) in [7, 11) is 0. The molecule has 1 aliphatic heterocycles. The summed E-state index contributed by atoms with van der Waals surface area (Å²) in [5.41, 5.74) is 3.78. The molecular formula is C27H27N5O2. The van der Waals surface area contributed by atoms with Crippen LogP contribution in [0.4, 0.5) is 0 Å². The van der Waals surface area contributed by atoms with Gasteiger partial charge in [0.1, 0.15) is 11.4 Å². The van der Waals surface area contributed by atoms with Gasteiger partial charge < -0.3 is 14.2 Å². The van der Waals surface area contributed by atoms with Gasteiger partial charge in [-0.2, -0.15) is 0 Å². The van der Waals surface area contributed by atoms with E-state index in [2.05, 4.69) is 15.0 Å². The number of imidazole rings is 1. The fraction of sp³-hybridized carbons (Fsp3) is 0.259. The van der Waals surface area contributed by atoms with E-state index in [0.29, 0.717) is 25.5 Å². The minimum absolute atomic E-state index is 0.0736. The van der Waals surface area contributed by atoms with Crippen LogP contribution in [0, 0.1) is 6.92 Å². The molecule has 0 spiro atoms. The van der Waals surface area contributed by atoms with Crippen molar-refractivity contribution in [2.45, 2.75) is 32.2 Å².